The molecule has 0 unspecified atom stereocenters. The lowest BCUT2D eigenvalue weighted by atomic mass is 10.2. The van der Waals surface area contributed by atoms with Crippen molar-refractivity contribution in [2.75, 3.05) is 11.1 Å². The zero-order valence-corrected chi connectivity index (χ0v) is 10.3. The Morgan fingerprint density at radius 1 is 1.50 bits per heavy atom. The summed E-state index contributed by atoms with van der Waals surface area (Å²) in [6, 6.07) is 6.27. The van der Waals surface area contributed by atoms with Crippen molar-refractivity contribution in [3.05, 3.63) is 23.8 Å². The zero-order valence-electron chi connectivity index (χ0n) is 7.88. The van der Waals surface area contributed by atoms with Crippen LogP contribution in [-0.4, -0.2) is 21.1 Å². The Morgan fingerprint density at radius 3 is 3.14 bits per heavy atom. The van der Waals surface area contributed by atoms with E-state index in [0.717, 1.165) is 27.3 Å². The molecule has 0 bridgehead atoms. The maximum atomic E-state index is 4.48. The van der Waals surface area contributed by atoms with E-state index in [-0.39, 0.29) is 0 Å². The van der Waals surface area contributed by atoms with Crippen LogP contribution in [0, 0.1) is 6.92 Å². The number of aromatic amines is 1. The molecule has 14 heavy (non-hydrogen) atoms. The molecule has 0 fully saturated rings. The number of thioether (sulfide) groups is 1. The Labute approximate surface area is 95.6 Å². The third-order valence-electron chi connectivity index (χ3n) is 1.93. The third-order valence-corrected chi connectivity index (χ3v) is 3.73. The standard InChI is InChI=1S/C10H11BrN2S/c1-7-2-3-8-9(6-7)13-10(12-8)14-5-4-11/h2-3,6H,4-5H2,1H3,(H,12,13). The van der Waals surface area contributed by atoms with Gasteiger partial charge in [-0.1, -0.05) is 33.8 Å². The Morgan fingerprint density at radius 2 is 2.36 bits per heavy atom. The normalized spacial score (nSPS) is 11.0. The van der Waals surface area contributed by atoms with Crippen molar-refractivity contribution in [1.29, 1.82) is 0 Å². The molecule has 2 rings (SSSR count). The molecule has 0 saturated carbocycles. The Kier molecular flexibility index (Phi) is 3.13. The Balaban J connectivity index is 2.32. The SMILES string of the molecule is Cc1ccc2nc(SCCBr)[nH]c2c1. The molecule has 0 atom stereocenters. The lowest BCUT2D eigenvalue weighted by Gasteiger charge is -1.90. The van der Waals surface area contributed by atoms with Crippen molar-refractivity contribution >= 4 is 38.7 Å². The van der Waals surface area contributed by atoms with Crippen molar-refractivity contribution in [3.63, 3.8) is 0 Å². The van der Waals surface area contributed by atoms with E-state index in [2.05, 4.69) is 51.0 Å². The minimum Gasteiger partial charge on any atom is -0.333 e. The molecule has 4 heteroatoms. The van der Waals surface area contributed by atoms with E-state index in [1.807, 2.05) is 0 Å². The summed E-state index contributed by atoms with van der Waals surface area (Å²) >= 11 is 5.14. The van der Waals surface area contributed by atoms with Gasteiger partial charge < -0.3 is 4.98 Å². The highest BCUT2D eigenvalue weighted by atomic mass is 79.9. The summed E-state index contributed by atoms with van der Waals surface area (Å²) in [6.45, 7) is 2.09. The van der Waals surface area contributed by atoms with Gasteiger partial charge in [-0.2, -0.15) is 0 Å². The van der Waals surface area contributed by atoms with Crippen LogP contribution in [-0.2, 0) is 0 Å². The Hall–Kier alpha value is -0.480. The van der Waals surface area contributed by atoms with E-state index in [0.29, 0.717) is 0 Å². The zero-order chi connectivity index (χ0) is 9.97. The van der Waals surface area contributed by atoms with E-state index >= 15 is 0 Å². The fraction of sp³-hybridized carbons (Fsp3) is 0.300. The first-order valence-corrected chi connectivity index (χ1v) is 6.55. The van der Waals surface area contributed by atoms with Gasteiger partial charge in [0.1, 0.15) is 0 Å². The molecule has 0 aliphatic heterocycles. The maximum absolute atomic E-state index is 4.48. The average Bonchev–Trinajstić information content (AvgIpc) is 2.56. The predicted molar refractivity (Wildman–Crippen MR) is 65.3 cm³/mol. The first kappa shape index (κ1) is 10.1. The van der Waals surface area contributed by atoms with Crippen molar-refractivity contribution in [3.8, 4) is 0 Å². The van der Waals surface area contributed by atoms with Gasteiger partial charge in [-0.3, -0.25) is 0 Å². The fourth-order valence-electron chi connectivity index (χ4n) is 1.30. The molecular formula is C10H11BrN2S. The van der Waals surface area contributed by atoms with Gasteiger partial charge in [0.05, 0.1) is 11.0 Å². The summed E-state index contributed by atoms with van der Waals surface area (Å²) in [5.74, 6) is 1.04. The Bertz CT molecular complexity index is 439. The minimum atomic E-state index is 0.994. The predicted octanol–water partition coefficient (Wildman–Crippen LogP) is 3.36. The molecule has 0 spiro atoms. The van der Waals surface area contributed by atoms with Gasteiger partial charge in [0, 0.05) is 11.1 Å². The maximum Gasteiger partial charge on any atom is 0.166 e. The second kappa shape index (κ2) is 4.36. The molecule has 2 aromatic rings. The van der Waals surface area contributed by atoms with Crippen molar-refractivity contribution in [1.82, 2.24) is 9.97 Å². The number of aromatic nitrogens is 2. The quantitative estimate of drug-likeness (QED) is 0.685. The average molecular weight is 271 g/mol. The van der Waals surface area contributed by atoms with Gasteiger partial charge >= 0.3 is 0 Å². The van der Waals surface area contributed by atoms with Gasteiger partial charge in [-0.25, -0.2) is 4.98 Å². The van der Waals surface area contributed by atoms with Crippen molar-refractivity contribution < 1.29 is 0 Å². The van der Waals surface area contributed by atoms with Gasteiger partial charge in [0.15, 0.2) is 5.16 Å². The minimum absolute atomic E-state index is 0.994. The molecule has 1 N–H and O–H groups in total. The van der Waals surface area contributed by atoms with Crippen LogP contribution in [0.1, 0.15) is 5.56 Å². The summed E-state index contributed by atoms with van der Waals surface area (Å²) in [5, 5.41) is 2.00. The number of rotatable bonds is 3. The molecule has 1 heterocycles. The highest BCUT2D eigenvalue weighted by Crippen LogP contribution is 2.20. The molecule has 0 amide bonds. The highest BCUT2D eigenvalue weighted by Gasteiger charge is 2.02. The lowest BCUT2D eigenvalue weighted by Crippen LogP contribution is -1.79. The summed E-state index contributed by atoms with van der Waals surface area (Å²) in [5.41, 5.74) is 3.44. The second-order valence-electron chi connectivity index (χ2n) is 3.10. The molecule has 74 valence electrons. The number of H-pyrrole nitrogens is 1. The smallest absolute Gasteiger partial charge is 0.166 e. The van der Waals surface area contributed by atoms with Gasteiger partial charge in [-0.15, -0.1) is 0 Å². The molecule has 0 saturated heterocycles. The third kappa shape index (κ3) is 2.12. The van der Waals surface area contributed by atoms with E-state index in [1.54, 1.807) is 11.8 Å². The number of imidazole rings is 1. The van der Waals surface area contributed by atoms with Crippen LogP contribution >= 0.6 is 27.7 Å². The van der Waals surface area contributed by atoms with Crippen LogP contribution in [0.2, 0.25) is 0 Å². The number of hydrogen-bond donors (Lipinski definition) is 1. The second-order valence-corrected chi connectivity index (χ2v) is 4.98. The van der Waals surface area contributed by atoms with Gasteiger partial charge in [0.2, 0.25) is 0 Å². The first-order valence-electron chi connectivity index (χ1n) is 4.45. The fourth-order valence-corrected chi connectivity index (χ4v) is 2.40. The van der Waals surface area contributed by atoms with E-state index < -0.39 is 0 Å². The summed E-state index contributed by atoms with van der Waals surface area (Å²) in [4.78, 5) is 7.78. The number of alkyl halides is 1. The molecule has 2 nitrogen and oxygen atoms in total. The number of benzene rings is 1. The number of nitrogens with zero attached hydrogens (tertiary/aromatic N) is 1. The van der Waals surface area contributed by atoms with Gasteiger partial charge in [0.25, 0.3) is 0 Å². The highest BCUT2D eigenvalue weighted by molar-refractivity contribution is 9.09. The van der Waals surface area contributed by atoms with Crippen LogP contribution in [0.3, 0.4) is 0 Å². The number of fused-ring (bicyclic) bond motifs is 1. The molecule has 0 radical (unpaired) electrons. The van der Waals surface area contributed by atoms with Crippen LogP contribution in [0.25, 0.3) is 11.0 Å². The van der Waals surface area contributed by atoms with Crippen LogP contribution in [0.5, 0.6) is 0 Å². The van der Waals surface area contributed by atoms with Crippen molar-refractivity contribution in [2.45, 2.75) is 12.1 Å². The molecule has 0 aliphatic rings. The molecule has 1 aromatic heterocycles. The number of hydrogen-bond acceptors (Lipinski definition) is 2. The van der Waals surface area contributed by atoms with Crippen molar-refractivity contribution in [2.24, 2.45) is 0 Å². The monoisotopic (exact) mass is 270 g/mol. The van der Waals surface area contributed by atoms with E-state index in [4.69, 9.17) is 0 Å². The number of nitrogens with one attached hydrogen (secondary N) is 1. The number of aryl methyl sites for hydroxylation is 1. The number of halogens is 1. The topological polar surface area (TPSA) is 28.7 Å². The molecule has 0 aliphatic carbocycles. The largest absolute Gasteiger partial charge is 0.333 e. The van der Waals surface area contributed by atoms with Gasteiger partial charge in [-0.05, 0) is 24.6 Å². The summed E-state index contributed by atoms with van der Waals surface area (Å²) in [6.07, 6.45) is 0. The summed E-state index contributed by atoms with van der Waals surface area (Å²) in [7, 11) is 0. The molecular weight excluding hydrogens is 260 g/mol. The van der Waals surface area contributed by atoms with E-state index in [9.17, 15) is 0 Å². The van der Waals surface area contributed by atoms with Crippen LogP contribution in [0.15, 0.2) is 23.4 Å². The molecule has 1 aromatic carbocycles. The van der Waals surface area contributed by atoms with E-state index in [1.165, 1.54) is 5.56 Å². The first-order chi connectivity index (χ1) is 6.79. The lowest BCUT2D eigenvalue weighted by molar-refractivity contribution is 1.08. The van der Waals surface area contributed by atoms with Crippen LogP contribution < -0.4 is 0 Å². The summed E-state index contributed by atoms with van der Waals surface area (Å²) < 4.78 is 0. The van der Waals surface area contributed by atoms with Crippen LogP contribution in [0.4, 0.5) is 0 Å².